The minimum absolute atomic E-state index is 0.0776. The molecule has 2 aromatic heterocycles. The van der Waals surface area contributed by atoms with Crippen molar-refractivity contribution in [3.05, 3.63) is 77.3 Å². The summed E-state index contributed by atoms with van der Waals surface area (Å²) >= 11 is 0. The van der Waals surface area contributed by atoms with Crippen LogP contribution in [-0.2, 0) is 11.2 Å². The molecule has 1 atom stereocenters. The summed E-state index contributed by atoms with van der Waals surface area (Å²) < 4.78 is 5.28. The number of aromatic nitrogens is 2. The van der Waals surface area contributed by atoms with E-state index in [0.717, 1.165) is 59.9 Å². The predicted octanol–water partition coefficient (Wildman–Crippen LogP) is 4.46. The molecule has 0 saturated carbocycles. The Balaban J connectivity index is 1.39. The van der Waals surface area contributed by atoms with Gasteiger partial charge in [0.1, 0.15) is 5.76 Å². The summed E-state index contributed by atoms with van der Waals surface area (Å²) in [6.07, 6.45) is 5.42. The summed E-state index contributed by atoms with van der Waals surface area (Å²) in [7, 11) is 0. The first-order chi connectivity index (χ1) is 14.1. The number of nitrogens with zero attached hydrogens (tertiary/aromatic N) is 3. The lowest BCUT2D eigenvalue weighted by atomic mass is 10.0. The molecular weight excluding hydrogens is 362 g/mol. The molecular formula is C24H25N3O2. The largest absolute Gasteiger partial charge is 0.361 e. The fourth-order valence-electron chi connectivity index (χ4n) is 3.91. The normalized spacial score (nSPS) is 16.6. The van der Waals surface area contributed by atoms with Gasteiger partial charge in [-0.1, -0.05) is 41.6 Å². The van der Waals surface area contributed by atoms with Crippen molar-refractivity contribution in [2.24, 2.45) is 5.92 Å². The Bertz CT molecular complexity index is 1000. The minimum Gasteiger partial charge on any atom is -0.361 e. The van der Waals surface area contributed by atoms with Crippen LogP contribution in [0.25, 0.3) is 17.3 Å². The fraction of sp³-hybridized carbons (Fsp3) is 0.292. The third-order valence-corrected chi connectivity index (χ3v) is 5.41. The smallest absolute Gasteiger partial charge is 0.246 e. The van der Waals surface area contributed by atoms with Gasteiger partial charge in [-0.2, -0.15) is 0 Å². The highest BCUT2D eigenvalue weighted by molar-refractivity contribution is 5.91. The van der Waals surface area contributed by atoms with Gasteiger partial charge in [-0.15, -0.1) is 0 Å². The summed E-state index contributed by atoms with van der Waals surface area (Å²) in [6, 6.07) is 16.0. The zero-order valence-corrected chi connectivity index (χ0v) is 16.8. The standard InChI is InChI=1S/C24H25N3O2/c1-17-24(18(2)29-26-17)22-10-6-9-21(25-22)15-20-13-14-27(16-20)23(28)12-11-19-7-4-3-5-8-19/h3-12,20H,13-16H2,1-2H3/b12-11+/t20-/m0/s1. The van der Waals surface area contributed by atoms with Gasteiger partial charge >= 0.3 is 0 Å². The van der Waals surface area contributed by atoms with E-state index in [1.807, 2.05) is 67.3 Å². The van der Waals surface area contributed by atoms with Gasteiger partial charge in [0, 0.05) is 24.9 Å². The van der Waals surface area contributed by atoms with E-state index < -0.39 is 0 Å². The number of carbonyl (C=O) groups is 1. The van der Waals surface area contributed by atoms with Gasteiger partial charge in [0.15, 0.2) is 0 Å². The lowest BCUT2D eigenvalue weighted by molar-refractivity contribution is -0.125. The van der Waals surface area contributed by atoms with Crippen molar-refractivity contribution in [2.45, 2.75) is 26.7 Å². The summed E-state index contributed by atoms with van der Waals surface area (Å²) in [5, 5.41) is 4.03. The van der Waals surface area contributed by atoms with Gasteiger partial charge in [-0.25, -0.2) is 0 Å². The second-order valence-corrected chi connectivity index (χ2v) is 7.60. The zero-order valence-electron chi connectivity index (χ0n) is 16.8. The van der Waals surface area contributed by atoms with E-state index in [-0.39, 0.29) is 5.91 Å². The van der Waals surface area contributed by atoms with Crippen LogP contribution in [0.4, 0.5) is 0 Å². The van der Waals surface area contributed by atoms with E-state index in [1.54, 1.807) is 6.08 Å². The van der Waals surface area contributed by atoms with Gasteiger partial charge in [-0.05, 0) is 56.4 Å². The number of rotatable bonds is 5. The molecule has 0 unspecified atom stereocenters. The first kappa shape index (κ1) is 19.1. The molecule has 0 spiro atoms. The molecule has 0 bridgehead atoms. The zero-order chi connectivity index (χ0) is 20.2. The first-order valence-electron chi connectivity index (χ1n) is 10.0. The van der Waals surface area contributed by atoms with Crippen LogP contribution in [0.5, 0.6) is 0 Å². The highest BCUT2D eigenvalue weighted by Crippen LogP contribution is 2.26. The molecule has 1 aliphatic heterocycles. The summed E-state index contributed by atoms with van der Waals surface area (Å²) in [6.45, 7) is 5.41. The highest BCUT2D eigenvalue weighted by atomic mass is 16.5. The Hall–Kier alpha value is -3.21. The van der Waals surface area contributed by atoms with Crippen LogP contribution in [0.3, 0.4) is 0 Å². The van der Waals surface area contributed by atoms with Crippen molar-refractivity contribution in [3.63, 3.8) is 0 Å². The molecule has 3 heterocycles. The van der Waals surface area contributed by atoms with Crippen LogP contribution < -0.4 is 0 Å². The number of hydrogen-bond acceptors (Lipinski definition) is 4. The van der Waals surface area contributed by atoms with Gasteiger partial charge in [0.2, 0.25) is 5.91 Å². The van der Waals surface area contributed by atoms with E-state index >= 15 is 0 Å². The van der Waals surface area contributed by atoms with Crippen molar-refractivity contribution in [3.8, 4) is 11.3 Å². The number of pyridine rings is 1. The minimum atomic E-state index is 0.0776. The molecule has 4 rings (SSSR count). The molecule has 1 aliphatic rings. The summed E-state index contributed by atoms with van der Waals surface area (Å²) in [5.74, 6) is 1.29. The predicted molar refractivity (Wildman–Crippen MR) is 113 cm³/mol. The monoisotopic (exact) mass is 387 g/mol. The van der Waals surface area contributed by atoms with E-state index in [9.17, 15) is 4.79 Å². The Morgan fingerprint density at radius 3 is 2.76 bits per heavy atom. The Kier molecular flexibility index (Phi) is 5.56. The van der Waals surface area contributed by atoms with Crippen LogP contribution in [0.2, 0.25) is 0 Å². The van der Waals surface area contributed by atoms with Crippen LogP contribution >= 0.6 is 0 Å². The van der Waals surface area contributed by atoms with Crippen molar-refractivity contribution >= 4 is 12.0 Å². The van der Waals surface area contributed by atoms with E-state index in [0.29, 0.717) is 5.92 Å². The molecule has 0 radical (unpaired) electrons. The van der Waals surface area contributed by atoms with Crippen LogP contribution in [0.1, 0.15) is 29.1 Å². The quantitative estimate of drug-likeness (QED) is 0.607. The molecule has 1 amide bonds. The van der Waals surface area contributed by atoms with Gasteiger partial charge in [0.25, 0.3) is 0 Å². The molecule has 0 N–H and O–H groups in total. The third kappa shape index (κ3) is 4.45. The second kappa shape index (κ2) is 8.43. The number of likely N-dealkylation sites (tertiary alicyclic amines) is 1. The van der Waals surface area contributed by atoms with Crippen LogP contribution in [-0.4, -0.2) is 34.0 Å². The number of carbonyl (C=O) groups excluding carboxylic acids is 1. The molecule has 148 valence electrons. The number of amides is 1. The Labute approximate surface area is 171 Å². The number of hydrogen-bond donors (Lipinski definition) is 0. The van der Waals surface area contributed by atoms with Gasteiger partial charge < -0.3 is 9.42 Å². The lowest BCUT2D eigenvalue weighted by Gasteiger charge is -2.14. The van der Waals surface area contributed by atoms with Crippen LogP contribution in [0, 0.1) is 19.8 Å². The molecule has 5 heteroatoms. The van der Waals surface area contributed by atoms with Crippen molar-refractivity contribution in [1.29, 1.82) is 0 Å². The van der Waals surface area contributed by atoms with E-state index in [4.69, 9.17) is 9.51 Å². The topological polar surface area (TPSA) is 59.2 Å². The van der Waals surface area contributed by atoms with Gasteiger partial charge in [0.05, 0.1) is 17.0 Å². The van der Waals surface area contributed by atoms with E-state index in [1.165, 1.54) is 0 Å². The molecule has 1 aromatic carbocycles. The fourth-order valence-corrected chi connectivity index (χ4v) is 3.91. The summed E-state index contributed by atoms with van der Waals surface area (Å²) in [5.41, 5.74) is 4.81. The van der Waals surface area contributed by atoms with E-state index in [2.05, 4.69) is 11.2 Å². The summed E-state index contributed by atoms with van der Waals surface area (Å²) in [4.78, 5) is 19.3. The molecule has 3 aromatic rings. The first-order valence-corrected chi connectivity index (χ1v) is 10.0. The highest BCUT2D eigenvalue weighted by Gasteiger charge is 2.25. The molecule has 1 fully saturated rings. The molecule has 0 aliphatic carbocycles. The van der Waals surface area contributed by atoms with Crippen LogP contribution in [0.15, 0.2) is 59.1 Å². The second-order valence-electron chi connectivity index (χ2n) is 7.60. The molecule has 29 heavy (non-hydrogen) atoms. The number of aryl methyl sites for hydroxylation is 2. The average molecular weight is 387 g/mol. The van der Waals surface area contributed by atoms with Crippen molar-refractivity contribution in [2.75, 3.05) is 13.1 Å². The molecule has 1 saturated heterocycles. The van der Waals surface area contributed by atoms with Crippen molar-refractivity contribution < 1.29 is 9.32 Å². The lowest BCUT2D eigenvalue weighted by Crippen LogP contribution is -2.27. The number of benzene rings is 1. The van der Waals surface area contributed by atoms with Gasteiger partial charge in [-0.3, -0.25) is 9.78 Å². The Morgan fingerprint density at radius 1 is 1.17 bits per heavy atom. The average Bonchev–Trinajstić information content (AvgIpc) is 3.33. The Morgan fingerprint density at radius 2 is 2.00 bits per heavy atom. The maximum absolute atomic E-state index is 12.5. The SMILES string of the molecule is Cc1noc(C)c1-c1cccc(C[C@@H]2CCN(C(=O)/C=C/c3ccccc3)C2)n1. The third-order valence-electron chi connectivity index (χ3n) is 5.41. The van der Waals surface area contributed by atoms with Crippen molar-refractivity contribution in [1.82, 2.24) is 15.0 Å². The maximum atomic E-state index is 12.5. The molecule has 5 nitrogen and oxygen atoms in total. The maximum Gasteiger partial charge on any atom is 0.246 e.